The molecule has 0 aliphatic carbocycles. The molecule has 3 rings (SSSR count). The molecule has 21 heavy (non-hydrogen) atoms. The highest BCUT2D eigenvalue weighted by Crippen LogP contribution is 2.32. The van der Waals surface area contributed by atoms with Gasteiger partial charge >= 0.3 is 0 Å². The first-order chi connectivity index (χ1) is 10.0. The van der Waals surface area contributed by atoms with Crippen molar-refractivity contribution in [3.63, 3.8) is 0 Å². The number of fused-ring (bicyclic) bond motifs is 2. The molecule has 2 saturated heterocycles. The minimum absolute atomic E-state index is 0.0713. The number of amides is 1. The van der Waals surface area contributed by atoms with Crippen molar-refractivity contribution < 1.29 is 9.18 Å². The van der Waals surface area contributed by atoms with Crippen LogP contribution in [-0.4, -0.2) is 41.0 Å². The van der Waals surface area contributed by atoms with Gasteiger partial charge in [-0.05, 0) is 38.8 Å². The highest BCUT2D eigenvalue weighted by Gasteiger charge is 2.36. The molecule has 0 saturated carbocycles. The highest BCUT2D eigenvalue weighted by atomic mass is 19.1. The van der Waals surface area contributed by atoms with Gasteiger partial charge in [-0.25, -0.2) is 9.37 Å². The zero-order valence-corrected chi connectivity index (χ0v) is 12.2. The first-order valence-electron chi connectivity index (χ1n) is 7.48. The Morgan fingerprint density at radius 3 is 2.76 bits per heavy atom. The monoisotopic (exact) mass is 292 g/mol. The van der Waals surface area contributed by atoms with Crippen LogP contribution in [0.2, 0.25) is 0 Å². The van der Waals surface area contributed by atoms with Gasteiger partial charge in [-0.3, -0.25) is 4.79 Å². The van der Waals surface area contributed by atoms with Gasteiger partial charge in [0.2, 0.25) is 0 Å². The number of carbonyl (C=O) groups excluding carboxylic acids is 1. The number of carbonyl (C=O) groups is 1. The van der Waals surface area contributed by atoms with Gasteiger partial charge in [-0.1, -0.05) is 6.42 Å². The predicted octanol–water partition coefficient (Wildman–Crippen LogP) is 1.55. The summed E-state index contributed by atoms with van der Waals surface area (Å²) >= 11 is 0. The van der Waals surface area contributed by atoms with E-state index in [9.17, 15) is 9.18 Å². The lowest BCUT2D eigenvalue weighted by molar-refractivity contribution is 0.0463. The number of hydrogen-bond acceptors (Lipinski definition) is 4. The maximum absolute atomic E-state index is 13.2. The molecule has 6 heteroatoms. The average Bonchev–Trinajstić information content (AvgIpc) is 2.42. The Kier molecular flexibility index (Phi) is 3.80. The quantitative estimate of drug-likeness (QED) is 0.867. The minimum Gasteiger partial charge on any atom is -0.383 e. The second kappa shape index (κ2) is 5.60. The minimum atomic E-state index is -0.547. The number of nitrogens with two attached hydrogens (primary N) is 1. The maximum atomic E-state index is 13.2. The zero-order valence-electron chi connectivity index (χ0n) is 12.2. The summed E-state index contributed by atoms with van der Waals surface area (Å²) < 4.78 is 13.2. The van der Waals surface area contributed by atoms with E-state index < -0.39 is 5.82 Å². The van der Waals surface area contributed by atoms with Crippen LogP contribution >= 0.6 is 0 Å². The Balaban J connectivity index is 1.69. The Hall–Kier alpha value is -1.69. The molecule has 3 heterocycles. The molecule has 0 radical (unpaired) electrons. The van der Waals surface area contributed by atoms with E-state index in [-0.39, 0.29) is 23.3 Å². The van der Waals surface area contributed by atoms with Crippen LogP contribution in [0, 0.1) is 5.82 Å². The van der Waals surface area contributed by atoms with E-state index in [4.69, 9.17) is 5.73 Å². The van der Waals surface area contributed by atoms with Crippen LogP contribution in [0.25, 0.3) is 0 Å². The van der Waals surface area contributed by atoms with Crippen LogP contribution in [0.4, 0.5) is 10.2 Å². The number of piperidine rings is 2. The molecule has 2 unspecified atom stereocenters. The Labute approximate surface area is 123 Å². The summed E-state index contributed by atoms with van der Waals surface area (Å²) in [5.74, 6) is -0.802. The number of anilines is 1. The lowest BCUT2D eigenvalue weighted by atomic mass is 9.82. The van der Waals surface area contributed by atoms with E-state index in [0.717, 1.165) is 25.1 Å². The summed E-state index contributed by atoms with van der Waals surface area (Å²) in [5.41, 5.74) is 5.79. The highest BCUT2D eigenvalue weighted by molar-refractivity contribution is 5.98. The summed E-state index contributed by atoms with van der Waals surface area (Å²) in [7, 11) is 2.17. The summed E-state index contributed by atoms with van der Waals surface area (Å²) in [6.07, 6.45) is 6.54. The van der Waals surface area contributed by atoms with Crippen LogP contribution in [-0.2, 0) is 0 Å². The molecular weight excluding hydrogens is 271 g/mol. The van der Waals surface area contributed by atoms with E-state index >= 15 is 0 Å². The fraction of sp³-hybridized carbons (Fsp3) is 0.600. The third-order valence-electron chi connectivity index (χ3n) is 4.80. The molecular formula is C15H21FN4O. The molecule has 1 aromatic rings. The van der Waals surface area contributed by atoms with Gasteiger partial charge < -0.3 is 16.0 Å². The molecule has 1 amide bonds. The second-order valence-corrected chi connectivity index (χ2v) is 6.13. The standard InChI is InChI=1S/C15H21FN4O/c1-20-11-3-2-4-12(20)7-10(6-11)19-15(21)13-5-9(16)8-18-14(13)17/h5,8,10-12H,2-4,6-7H2,1H3,(H2,17,18)(H,19,21). The van der Waals surface area contributed by atoms with E-state index in [1.807, 2.05) is 0 Å². The number of rotatable bonds is 2. The van der Waals surface area contributed by atoms with E-state index in [1.54, 1.807) is 0 Å². The molecule has 0 aromatic carbocycles. The predicted molar refractivity (Wildman–Crippen MR) is 78.3 cm³/mol. The van der Waals surface area contributed by atoms with Gasteiger partial charge in [0.25, 0.3) is 5.91 Å². The first kappa shape index (κ1) is 14.3. The van der Waals surface area contributed by atoms with Crippen molar-refractivity contribution in [3.05, 3.63) is 23.6 Å². The summed E-state index contributed by atoms with van der Waals surface area (Å²) in [6, 6.07) is 2.34. The molecule has 2 atom stereocenters. The van der Waals surface area contributed by atoms with Crippen molar-refractivity contribution in [3.8, 4) is 0 Å². The summed E-state index contributed by atoms with van der Waals surface area (Å²) in [5, 5.41) is 3.00. The van der Waals surface area contributed by atoms with Crippen LogP contribution in [0.1, 0.15) is 42.5 Å². The molecule has 3 N–H and O–H groups in total. The topological polar surface area (TPSA) is 71.2 Å². The number of halogens is 1. The fourth-order valence-corrected chi connectivity index (χ4v) is 3.63. The van der Waals surface area contributed by atoms with Crippen molar-refractivity contribution >= 4 is 11.7 Å². The lowest BCUT2D eigenvalue weighted by Gasteiger charge is -2.47. The van der Waals surface area contributed by atoms with Crippen LogP contribution < -0.4 is 11.1 Å². The fourth-order valence-electron chi connectivity index (χ4n) is 3.63. The third-order valence-corrected chi connectivity index (χ3v) is 4.80. The summed E-state index contributed by atoms with van der Waals surface area (Å²) in [4.78, 5) is 18.4. The first-order valence-corrected chi connectivity index (χ1v) is 7.48. The maximum Gasteiger partial charge on any atom is 0.255 e. The van der Waals surface area contributed by atoms with Crippen LogP contribution in [0.15, 0.2) is 12.3 Å². The smallest absolute Gasteiger partial charge is 0.255 e. The molecule has 2 aliphatic rings. The van der Waals surface area contributed by atoms with Gasteiger partial charge in [-0.2, -0.15) is 0 Å². The van der Waals surface area contributed by atoms with E-state index in [2.05, 4.69) is 22.2 Å². The SMILES string of the molecule is CN1C2CCCC1CC(NC(=O)c1cc(F)cnc1N)C2. The summed E-state index contributed by atoms with van der Waals surface area (Å²) in [6.45, 7) is 0. The Morgan fingerprint density at radius 2 is 2.10 bits per heavy atom. The van der Waals surface area contributed by atoms with Gasteiger partial charge in [0.15, 0.2) is 0 Å². The number of pyridine rings is 1. The lowest BCUT2D eigenvalue weighted by Crippen LogP contribution is -2.55. The van der Waals surface area contributed by atoms with Crippen molar-refractivity contribution in [1.29, 1.82) is 0 Å². The van der Waals surface area contributed by atoms with Crippen molar-refractivity contribution in [2.24, 2.45) is 0 Å². The van der Waals surface area contributed by atoms with E-state index in [1.165, 1.54) is 19.3 Å². The number of aromatic nitrogens is 1. The molecule has 2 aliphatic heterocycles. The van der Waals surface area contributed by atoms with Gasteiger partial charge in [0.05, 0.1) is 11.8 Å². The zero-order chi connectivity index (χ0) is 15.0. The average molecular weight is 292 g/mol. The molecule has 2 bridgehead atoms. The third kappa shape index (κ3) is 2.85. The Morgan fingerprint density at radius 1 is 1.43 bits per heavy atom. The Bertz CT molecular complexity index is 536. The molecule has 1 aromatic heterocycles. The largest absolute Gasteiger partial charge is 0.383 e. The molecule has 5 nitrogen and oxygen atoms in total. The number of nitrogen functional groups attached to an aromatic ring is 1. The normalized spacial score (nSPS) is 29.1. The van der Waals surface area contributed by atoms with Gasteiger partial charge in [0.1, 0.15) is 11.6 Å². The van der Waals surface area contributed by atoms with Crippen LogP contribution in [0.3, 0.4) is 0 Å². The van der Waals surface area contributed by atoms with Crippen molar-refractivity contribution in [1.82, 2.24) is 15.2 Å². The van der Waals surface area contributed by atoms with Gasteiger partial charge in [-0.15, -0.1) is 0 Å². The van der Waals surface area contributed by atoms with Gasteiger partial charge in [0, 0.05) is 18.1 Å². The van der Waals surface area contributed by atoms with Crippen molar-refractivity contribution in [2.45, 2.75) is 50.2 Å². The molecule has 114 valence electrons. The molecule has 2 fully saturated rings. The molecule has 0 spiro atoms. The number of nitrogens with zero attached hydrogens (tertiary/aromatic N) is 2. The van der Waals surface area contributed by atoms with E-state index in [0.29, 0.717) is 12.1 Å². The van der Waals surface area contributed by atoms with Crippen molar-refractivity contribution in [2.75, 3.05) is 12.8 Å². The van der Waals surface area contributed by atoms with Crippen LogP contribution in [0.5, 0.6) is 0 Å². The number of hydrogen-bond donors (Lipinski definition) is 2. The number of nitrogens with one attached hydrogen (secondary N) is 1. The second-order valence-electron chi connectivity index (χ2n) is 6.13.